The van der Waals surface area contributed by atoms with Gasteiger partial charge < -0.3 is 19.0 Å². The van der Waals surface area contributed by atoms with E-state index in [9.17, 15) is 9.59 Å². The minimum atomic E-state index is -0.993. The van der Waals surface area contributed by atoms with E-state index < -0.39 is 11.9 Å². The normalized spacial score (nSPS) is 10.7. The average molecular weight is 394 g/mol. The summed E-state index contributed by atoms with van der Waals surface area (Å²) in [6, 6.07) is 14.8. The highest BCUT2D eigenvalue weighted by atomic mass is 16.5. The topological polar surface area (TPSA) is 110 Å². The molecule has 3 aromatic rings. The summed E-state index contributed by atoms with van der Waals surface area (Å²) < 4.78 is 16.1. The van der Waals surface area contributed by atoms with Crippen molar-refractivity contribution >= 4 is 18.1 Å². The van der Waals surface area contributed by atoms with Crippen LogP contribution in [0.5, 0.6) is 11.5 Å². The lowest BCUT2D eigenvalue weighted by molar-refractivity contribution is 0.0696. The van der Waals surface area contributed by atoms with Crippen molar-refractivity contribution in [1.82, 2.24) is 5.43 Å². The zero-order chi connectivity index (χ0) is 20.6. The molecule has 29 heavy (non-hydrogen) atoms. The first-order valence-electron chi connectivity index (χ1n) is 8.57. The molecule has 1 aromatic heterocycles. The lowest BCUT2D eigenvalue weighted by Gasteiger charge is -2.11. The number of nitrogens with zero attached hydrogens (tertiary/aromatic N) is 1. The summed E-state index contributed by atoms with van der Waals surface area (Å²) >= 11 is 0. The van der Waals surface area contributed by atoms with E-state index in [0.717, 1.165) is 5.56 Å². The van der Waals surface area contributed by atoms with Crippen molar-refractivity contribution in [3.05, 3.63) is 83.3 Å². The average Bonchev–Trinajstić information content (AvgIpc) is 3.28. The Morgan fingerprint density at radius 1 is 1.14 bits per heavy atom. The minimum absolute atomic E-state index is 0.162. The molecule has 2 N–H and O–H groups in total. The molecule has 0 fully saturated rings. The highest BCUT2D eigenvalue weighted by Crippen LogP contribution is 2.28. The number of amides is 1. The summed E-state index contributed by atoms with van der Waals surface area (Å²) in [7, 11) is 1.51. The smallest absolute Gasteiger partial charge is 0.335 e. The summed E-state index contributed by atoms with van der Waals surface area (Å²) in [5, 5.41) is 12.9. The Bertz CT molecular complexity index is 1030. The van der Waals surface area contributed by atoms with Crippen LogP contribution in [-0.4, -0.2) is 30.3 Å². The van der Waals surface area contributed by atoms with Gasteiger partial charge in [-0.3, -0.25) is 4.79 Å². The Kier molecular flexibility index (Phi) is 6.26. The number of carbonyl (C=O) groups is 2. The molecule has 8 nitrogen and oxygen atoms in total. The van der Waals surface area contributed by atoms with Gasteiger partial charge in [0.15, 0.2) is 17.3 Å². The highest BCUT2D eigenvalue weighted by Gasteiger charge is 2.09. The number of carboxylic acids is 1. The van der Waals surface area contributed by atoms with Gasteiger partial charge in [0.05, 0.1) is 25.2 Å². The number of furan rings is 1. The molecule has 0 spiro atoms. The van der Waals surface area contributed by atoms with E-state index >= 15 is 0 Å². The summed E-state index contributed by atoms with van der Waals surface area (Å²) in [6.07, 6.45) is 2.86. The second-order valence-corrected chi connectivity index (χ2v) is 5.88. The first kappa shape index (κ1) is 19.7. The molecule has 3 rings (SSSR count). The zero-order valence-electron chi connectivity index (χ0n) is 15.5. The number of nitrogens with one attached hydrogen (secondary N) is 1. The number of hydrogen-bond acceptors (Lipinski definition) is 6. The summed E-state index contributed by atoms with van der Waals surface area (Å²) in [5.41, 5.74) is 3.96. The molecule has 0 atom stereocenters. The van der Waals surface area contributed by atoms with Crippen molar-refractivity contribution < 1.29 is 28.6 Å². The van der Waals surface area contributed by atoms with E-state index in [1.54, 1.807) is 42.5 Å². The number of carboxylic acid groups (broad SMARTS) is 1. The number of hydrazone groups is 1. The van der Waals surface area contributed by atoms with Gasteiger partial charge >= 0.3 is 11.9 Å². The summed E-state index contributed by atoms with van der Waals surface area (Å²) in [5.74, 6) is -0.324. The number of methoxy groups -OCH3 is 1. The van der Waals surface area contributed by atoms with E-state index in [1.165, 1.54) is 31.7 Å². The number of ether oxygens (including phenoxy) is 2. The van der Waals surface area contributed by atoms with Crippen LogP contribution in [0, 0.1) is 0 Å². The van der Waals surface area contributed by atoms with Gasteiger partial charge in [-0.1, -0.05) is 12.1 Å². The molecule has 0 saturated heterocycles. The van der Waals surface area contributed by atoms with Crippen LogP contribution >= 0.6 is 0 Å². The molecule has 148 valence electrons. The molecule has 1 heterocycles. The van der Waals surface area contributed by atoms with Crippen LogP contribution in [0.4, 0.5) is 0 Å². The monoisotopic (exact) mass is 394 g/mol. The van der Waals surface area contributed by atoms with Gasteiger partial charge in [-0.15, -0.1) is 0 Å². The van der Waals surface area contributed by atoms with Crippen LogP contribution in [0.1, 0.15) is 32.0 Å². The van der Waals surface area contributed by atoms with E-state index in [2.05, 4.69) is 10.5 Å². The van der Waals surface area contributed by atoms with Crippen LogP contribution in [-0.2, 0) is 6.61 Å². The zero-order valence-corrected chi connectivity index (χ0v) is 15.5. The maximum absolute atomic E-state index is 11.8. The Hall–Kier alpha value is -4.07. The first-order chi connectivity index (χ1) is 14.1. The molecular formula is C21H18N2O6. The molecular weight excluding hydrogens is 376 g/mol. The van der Waals surface area contributed by atoms with E-state index in [1.807, 2.05) is 0 Å². The Morgan fingerprint density at radius 3 is 2.72 bits per heavy atom. The maximum atomic E-state index is 11.8. The van der Waals surface area contributed by atoms with Crippen molar-refractivity contribution in [1.29, 1.82) is 0 Å². The fourth-order valence-electron chi connectivity index (χ4n) is 2.47. The van der Waals surface area contributed by atoms with Gasteiger partial charge in [-0.05, 0) is 53.6 Å². The molecule has 0 unspecified atom stereocenters. The van der Waals surface area contributed by atoms with Crippen LogP contribution < -0.4 is 14.9 Å². The Morgan fingerprint density at radius 2 is 2.00 bits per heavy atom. The van der Waals surface area contributed by atoms with Gasteiger partial charge in [-0.25, -0.2) is 10.2 Å². The molecule has 2 aromatic carbocycles. The predicted octanol–water partition coefficient (Wildman–Crippen LogP) is 3.33. The second kappa shape index (κ2) is 9.23. The molecule has 8 heteroatoms. The molecule has 0 saturated carbocycles. The summed E-state index contributed by atoms with van der Waals surface area (Å²) in [6.45, 7) is 0.185. The standard InChI is InChI=1S/C21H18N2O6/c1-27-19-11-14(12-22-23-20(24)18-6-3-9-28-18)7-8-17(19)29-13-15-4-2-5-16(10-15)21(25)26/h2-12H,13H2,1H3,(H,23,24)(H,25,26)/b22-12+. The lowest BCUT2D eigenvalue weighted by atomic mass is 10.1. The van der Waals surface area contributed by atoms with E-state index in [0.29, 0.717) is 17.1 Å². The van der Waals surface area contributed by atoms with Gasteiger partial charge in [0.2, 0.25) is 0 Å². The lowest BCUT2D eigenvalue weighted by Crippen LogP contribution is -2.16. The number of rotatable bonds is 8. The maximum Gasteiger partial charge on any atom is 0.335 e. The van der Waals surface area contributed by atoms with Crippen LogP contribution in [0.15, 0.2) is 70.4 Å². The first-order valence-corrected chi connectivity index (χ1v) is 8.57. The fraction of sp³-hybridized carbons (Fsp3) is 0.0952. The third-order valence-electron chi connectivity index (χ3n) is 3.88. The Balaban J connectivity index is 1.64. The van der Waals surface area contributed by atoms with Crippen molar-refractivity contribution in [2.24, 2.45) is 5.10 Å². The second-order valence-electron chi connectivity index (χ2n) is 5.88. The number of benzene rings is 2. The van der Waals surface area contributed by atoms with Crippen molar-refractivity contribution in [3.63, 3.8) is 0 Å². The van der Waals surface area contributed by atoms with Crippen molar-refractivity contribution in [3.8, 4) is 11.5 Å². The number of carbonyl (C=O) groups excluding carboxylic acids is 1. The molecule has 1 amide bonds. The highest BCUT2D eigenvalue weighted by molar-refractivity contribution is 5.92. The van der Waals surface area contributed by atoms with E-state index in [-0.39, 0.29) is 17.9 Å². The SMILES string of the molecule is COc1cc(/C=N/NC(=O)c2ccco2)ccc1OCc1cccc(C(=O)O)c1. The third-order valence-corrected chi connectivity index (χ3v) is 3.88. The van der Waals surface area contributed by atoms with Gasteiger partial charge in [0.25, 0.3) is 0 Å². The van der Waals surface area contributed by atoms with Crippen molar-refractivity contribution in [2.45, 2.75) is 6.61 Å². The molecule has 0 aliphatic rings. The van der Waals surface area contributed by atoms with Gasteiger partial charge in [0, 0.05) is 0 Å². The van der Waals surface area contributed by atoms with Gasteiger partial charge in [-0.2, -0.15) is 5.10 Å². The molecule has 0 aliphatic carbocycles. The van der Waals surface area contributed by atoms with Crippen molar-refractivity contribution in [2.75, 3.05) is 7.11 Å². The third kappa shape index (κ3) is 5.23. The van der Waals surface area contributed by atoms with Crippen LogP contribution in [0.3, 0.4) is 0 Å². The number of hydrogen-bond donors (Lipinski definition) is 2. The van der Waals surface area contributed by atoms with Crippen LogP contribution in [0.2, 0.25) is 0 Å². The summed E-state index contributed by atoms with van der Waals surface area (Å²) in [4.78, 5) is 22.8. The predicted molar refractivity (Wildman–Crippen MR) is 104 cm³/mol. The fourth-order valence-corrected chi connectivity index (χ4v) is 2.47. The largest absolute Gasteiger partial charge is 0.493 e. The quantitative estimate of drug-likeness (QED) is 0.448. The molecule has 0 radical (unpaired) electrons. The van der Waals surface area contributed by atoms with E-state index in [4.69, 9.17) is 19.0 Å². The number of aromatic carboxylic acids is 1. The minimum Gasteiger partial charge on any atom is -0.493 e. The molecule has 0 aliphatic heterocycles. The van der Waals surface area contributed by atoms with Gasteiger partial charge in [0.1, 0.15) is 6.61 Å². The Labute approximate surface area is 166 Å². The van der Waals surface area contributed by atoms with Crippen LogP contribution in [0.25, 0.3) is 0 Å². The molecule has 0 bridgehead atoms.